The van der Waals surface area contributed by atoms with Crippen LogP contribution in [0.25, 0.3) is 0 Å². The zero-order valence-corrected chi connectivity index (χ0v) is 16.4. The first-order valence-electron chi connectivity index (χ1n) is 8.79. The molecule has 3 aromatic rings. The summed E-state index contributed by atoms with van der Waals surface area (Å²) in [5.41, 5.74) is 0.573. The van der Waals surface area contributed by atoms with E-state index in [0.29, 0.717) is 36.7 Å². The minimum Gasteiger partial charge on any atom is -0.352 e. The maximum Gasteiger partial charge on any atom is 0.261 e. The van der Waals surface area contributed by atoms with Gasteiger partial charge in [-0.1, -0.05) is 5.16 Å². The molecular formula is C19H19FN4O4S. The number of rotatable bonds is 8. The third-order valence-electron chi connectivity index (χ3n) is 3.95. The van der Waals surface area contributed by atoms with Gasteiger partial charge >= 0.3 is 0 Å². The summed E-state index contributed by atoms with van der Waals surface area (Å²) in [5.74, 6) is 0.297. The highest BCUT2D eigenvalue weighted by molar-refractivity contribution is 7.92. The highest BCUT2D eigenvalue weighted by atomic mass is 32.2. The molecular weight excluding hydrogens is 399 g/mol. The largest absolute Gasteiger partial charge is 0.352 e. The minimum absolute atomic E-state index is 0.00913. The van der Waals surface area contributed by atoms with Crippen LogP contribution in [0.1, 0.15) is 28.5 Å². The summed E-state index contributed by atoms with van der Waals surface area (Å²) in [6.45, 7) is 2.14. The van der Waals surface area contributed by atoms with E-state index in [1.807, 2.05) is 0 Å². The Balaban J connectivity index is 1.54. The molecule has 0 saturated carbocycles. The van der Waals surface area contributed by atoms with Crippen LogP contribution in [0, 0.1) is 12.7 Å². The minimum atomic E-state index is -3.85. The molecule has 1 amide bonds. The first-order chi connectivity index (χ1) is 13.8. The van der Waals surface area contributed by atoms with E-state index in [0.717, 1.165) is 12.1 Å². The molecule has 0 atom stereocenters. The van der Waals surface area contributed by atoms with E-state index in [9.17, 15) is 17.6 Å². The Labute approximate surface area is 167 Å². The van der Waals surface area contributed by atoms with E-state index in [4.69, 9.17) is 4.52 Å². The maximum atomic E-state index is 12.9. The van der Waals surface area contributed by atoms with Crippen molar-refractivity contribution in [3.63, 3.8) is 0 Å². The molecule has 0 radical (unpaired) electrons. The van der Waals surface area contributed by atoms with Crippen LogP contribution in [0.15, 0.2) is 57.9 Å². The number of hydrogen-bond donors (Lipinski definition) is 2. The lowest BCUT2D eigenvalue weighted by molar-refractivity contribution is 0.0953. The van der Waals surface area contributed by atoms with Gasteiger partial charge in [0, 0.05) is 24.2 Å². The van der Waals surface area contributed by atoms with Crippen molar-refractivity contribution in [3.8, 4) is 0 Å². The third-order valence-corrected chi connectivity index (χ3v) is 5.34. The highest BCUT2D eigenvalue weighted by Crippen LogP contribution is 2.17. The molecule has 10 heteroatoms. The summed E-state index contributed by atoms with van der Waals surface area (Å²) in [4.78, 5) is 16.3. The van der Waals surface area contributed by atoms with Gasteiger partial charge < -0.3 is 9.84 Å². The van der Waals surface area contributed by atoms with E-state index >= 15 is 0 Å². The van der Waals surface area contributed by atoms with E-state index in [2.05, 4.69) is 20.2 Å². The summed E-state index contributed by atoms with van der Waals surface area (Å²) in [7, 11) is -3.85. The first kappa shape index (κ1) is 20.5. The average molecular weight is 418 g/mol. The molecule has 0 fully saturated rings. The van der Waals surface area contributed by atoms with E-state index in [1.165, 1.54) is 36.4 Å². The van der Waals surface area contributed by atoms with Crippen LogP contribution in [0.2, 0.25) is 0 Å². The molecule has 29 heavy (non-hydrogen) atoms. The van der Waals surface area contributed by atoms with Crippen LogP contribution in [0.3, 0.4) is 0 Å². The molecule has 1 aromatic heterocycles. The molecule has 1 heterocycles. The maximum absolute atomic E-state index is 12.9. The lowest BCUT2D eigenvalue weighted by atomic mass is 10.2. The van der Waals surface area contributed by atoms with Gasteiger partial charge in [0.05, 0.1) is 4.90 Å². The summed E-state index contributed by atoms with van der Waals surface area (Å²) >= 11 is 0. The van der Waals surface area contributed by atoms with Gasteiger partial charge in [-0.15, -0.1) is 0 Å². The van der Waals surface area contributed by atoms with Gasteiger partial charge in [0.15, 0.2) is 5.82 Å². The number of carbonyl (C=O) groups is 1. The summed E-state index contributed by atoms with van der Waals surface area (Å²) in [6.07, 6.45) is 1.18. The lowest BCUT2D eigenvalue weighted by Crippen LogP contribution is -2.24. The van der Waals surface area contributed by atoms with Crippen LogP contribution in [-0.2, 0) is 16.4 Å². The van der Waals surface area contributed by atoms with Crippen molar-refractivity contribution in [3.05, 3.63) is 71.6 Å². The van der Waals surface area contributed by atoms with E-state index < -0.39 is 15.8 Å². The standard InChI is InChI=1S/C19H19FN4O4S/c1-13-22-18(28-23-13)3-2-12-21-19(25)14-4-10-17(11-5-14)29(26,27)24-16-8-6-15(20)7-9-16/h4-11,24H,2-3,12H2,1H3,(H,21,25). The number of nitrogens with one attached hydrogen (secondary N) is 2. The Morgan fingerprint density at radius 1 is 1.10 bits per heavy atom. The molecule has 0 saturated heterocycles. The molecule has 3 rings (SSSR count). The summed E-state index contributed by atoms with van der Waals surface area (Å²) in [6, 6.07) is 10.5. The number of aryl methyl sites for hydroxylation is 2. The Morgan fingerprint density at radius 3 is 2.41 bits per heavy atom. The third kappa shape index (κ3) is 5.61. The zero-order valence-electron chi connectivity index (χ0n) is 15.6. The van der Waals surface area contributed by atoms with Crippen molar-refractivity contribution in [2.24, 2.45) is 0 Å². The molecule has 0 spiro atoms. The second-order valence-electron chi connectivity index (χ2n) is 6.23. The topological polar surface area (TPSA) is 114 Å². The monoisotopic (exact) mass is 418 g/mol. The number of amides is 1. The van der Waals surface area contributed by atoms with Gasteiger partial charge in [-0.25, -0.2) is 12.8 Å². The Bertz CT molecular complexity index is 1080. The molecule has 0 aliphatic rings. The Morgan fingerprint density at radius 2 is 1.79 bits per heavy atom. The fourth-order valence-corrected chi connectivity index (χ4v) is 3.56. The predicted octanol–water partition coefficient (Wildman–Crippen LogP) is 2.68. The number of halogens is 1. The molecule has 0 unspecified atom stereocenters. The fourth-order valence-electron chi connectivity index (χ4n) is 2.50. The highest BCUT2D eigenvalue weighted by Gasteiger charge is 2.15. The van der Waals surface area contributed by atoms with Crippen LogP contribution in [0.5, 0.6) is 0 Å². The molecule has 2 N–H and O–H groups in total. The van der Waals surface area contributed by atoms with Crippen molar-refractivity contribution in [2.45, 2.75) is 24.7 Å². The summed E-state index contributed by atoms with van der Waals surface area (Å²) < 4.78 is 45.1. The van der Waals surface area contributed by atoms with Crippen molar-refractivity contribution in [1.29, 1.82) is 0 Å². The first-order valence-corrected chi connectivity index (χ1v) is 10.3. The van der Waals surface area contributed by atoms with Gasteiger partial charge in [0.25, 0.3) is 15.9 Å². The van der Waals surface area contributed by atoms with Crippen molar-refractivity contribution >= 4 is 21.6 Å². The number of benzene rings is 2. The molecule has 0 bridgehead atoms. The number of aromatic nitrogens is 2. The molecule has 152 valence electrons. The number of carbonyl (C=O) groups excluding carboxylic acids is 1. The molecule has 8 nitrogen and oxygen atoms in total. The van der Waals surface area contributed by atoms with Gasteiger partial charge in [-0.3, -0.25) is 9.52 Å². The second-order valence-corrected chi connectivity index (χ2v) is 7.91. The predicted molar refractivity (Wildman–Crippen MR) is 103 cm³/mol. The Hall–Kier alpha value is -3.27. The quantitative estimate of drug-likeness (QED) is 0.544. The van der Waals surface area contributed by atoms with Crippen LogP contribution in [0.4, 0.5) is 10.1 Å². The van der Waals surface area contributed by atoms with Crippen LogP contribution >= 0.6 is 0 Å². The normalized spacial score (nSPS) is 11.2. The number of anilines is 1. The molecule has 0 aliphatic heterocycles. The summed E-state index contributed by atoms with van der Waals surface area (Å²) in [5, 5.41) is 6.44. The number of nitrogens with zero attached hydrogens (tertiary/aromatic N) is 2. The number of hydrogen-bond acceptors (Lipinski definition) is 6. The lowest BCUT2D eigenvalue weighted by Gasteiger charge is -2.09. The van der Waals surface area contributed by atoms with Crippen molar-refractivity contribution in [1.82, 2.24) is 15.5 Å². The Kier molecular flexibility index (Phi) is 6.23. The van der Waals surface area contributed by atoms with E-state index in [-0.39, 0.29) is 16.5 Å². The van der Waals surface area contributed by atoms with Crippen molar-refractivity contribution < 1.29 is 22.1 Å². The molecule has 0 aliphatic carbocycles. The molecule has 2 aromatic carbocycles. The van der Waals surface area contributed by atoms with Crippen LogP contribution < -0.4 is 10.0 Å². The number of sulfonamides is 1. The average Bonchev–Trinajstić information content (AvgIpc) is 3.12. The van der Waals surface area contributed by atoms with Gasteiger partial charge in [0.1, 0.15) is 5.82 Å². The van der Waals surface area contributed by atoms with Gasteiger partial charge in [-0.2, -0.15) is 4.98 Å². The zero-order chi connectivity index (χ0) is 20.9. The van der Waals surface area contributed by atoms with Gasteiger partial charge in [-0.05, 0) is 61.9 Å². The van der Waals surface area contributed by atoms with Crippen molar-refractivity contribution in [2.75, 3.05) is 11.3 Å². The smallest absolute Gasteiger partial charge is 0.261 e. The van der Waals surface area contributed by atoms with E-state index in [1.54, 1.807) is 6.92 Å². The second kappa shape index (κ2) is 8.82. The fraction of sp³-hybridized carbons (Fsp3) is 0.211. The van der Waals surface area contributed by atoms with Gasteiger partial charge in [0.2, 0.25) is 5.89 Å². The SMILES string of the molecule is Cc1noc(CCCNC(=O)c2ccc(S(=O)(=O)Nc3ccc(F)cc3)cc2)n1. The van der Waals surface area contributed by atoms with Crippen LogP contribution in [-0.4, -0.2) is 31.0 Å².